The second-order valence-electron chi connectivity index (χ2n) is 8.51. The average molecular weight is 433 g/mol. The van der Waals surface area contributed by atoms with Crippen LogP contribution in [0.25, 0.3) is 10.6 Å². The molecule has 2 unspecified atom stereocenters. The minimum atomic E-state index is 0.197. The highest BCUT2D eigenvalue weighted by Crippen LogP contribution is 2.36. The molecule has 1 aliphatic heterocycles. The van der Waals surface area contributed by atoms with Gasteiger partial charge in [0.25, 0.3) is 5.91 Å². The summed E-state index contributed by atoms with van der Waals surface area (Å²) in [7, 11) is 0. The first-order valence-corrected chi connectivity index (χ1v) is 12.8. The fourth-order valence-electron chi connectivity index (χ4n) is 4.54. The molecular formula is C25H40N2O2S. The van der Waals surface area contributed by atoms with Gasteiger partial charge in [-0.2, -0.15) is 0 Å². The molecule has 0 spiro atoms. The van der Waals surface area contributed by atoms with Crippen LogP contribution in [0.3, 0.4) is 0 Å². The summed E-state index contributed by atoms with van der Waals surface area (Å²) in [6, 6.07) is 2.42. The van der Waals surface area contributed by atoms with E-state index in [9.17, 15) is 4.79 Å². The van der Waals surface area contributed by atoms with Crippen molar-refractivity contribution in [2.75, 3.05) is 6.54 Å². The van der Waals surface area contributed by atoms with Gasteiger partial charge in [-0.3, -0.25) is 4.79 Å². The molecular weight excluding hydrogens is 392 g/mol. The van der Waals surface area contributed by atoms with Crippen LogP contribution in [0.4, 0.5) is 0 Å². The number of amides is 1. The van der Waals surface area contributed by atoms with Crippen molar-refractivity contribution in [3.05, 3.63) is 29.7 Å². The second kappa shape index (κ2) is 12.9. The van der Waals surface area contributed by atoms with Crippen molar-refractivity contribution in [3.63, 3.8) is 0 Å². The van der Waals surface area contributed by atoms with E-state index >= 15 is 0 Å². The molecule has 30 heavy (non-hydrogen) atoms. The van der Waals surface area contributed by atoms with Crippen LogP contribution in [0.1, 0.15) is 96.3 Å². The van der Waals surface area contributed by atoms with Gasteiger partial charge in [-0.1, -0.05) is 60.3 Å². The fourth-order valence-corrected chi connectivity index (χ4v) is 5.38. The average Bonchev–Trinajstić information content (AvgIpc) is 3.46. The van der Waals surface area contributed by atoms with E-state index in [2.05, 4.69) is 30.7 Å². The number of nitrogens with zero attached hydrogens (tertiary/aromatic N) is 2. The third kappa shape index (κ3) is 6.69. The van der Waals surface area contributed by atoms with E-state index in [1.54, 1.807) is 17.6 Å². The topological polar surface area (TPSA) is 46.3 Å². The molecule has 2 aromatic heterocycles. The number of thiophene rings is 1. The molecule has 0 N–H and O–H groups in total. The first-order chi connectivity index (χ1) is 14.6. The Morgan fingerprint density at radius 1 is 1.23 bits per heavy atom. The highest BCUT2D eigenvalue weighted by Gasteiger charge is 2.36. The number of carbonyl (C=O) groups is 1. The van der Waals surface area contributed by atoms with Crippen molar-refractivity contribution < 1.29 is 9.21 Å². The number of rotatable bonds is 4. The lowest BCUT2D eigenvalue weighted by atomic mass is 9.78. The van der Waals surface area contributed by atoms with Crippen LogP contribution in [0, 0.1) is 11.8 Å². The summed E-state index contributed by atoms with van der Waals surface area (Å²) in [5, 5.41) is 1.96. The highest BCUT2D eigenvalue weighted by molar-refractivity contribution is 7.13. The summed E-state index contributed by atoms with van der Waals surface area (Å²) in [5.41, 5.74) is 1.60. The van der Waals surface area contributed by atoms with E-state index in [1.807, 2.05) is 25.3 Å². The molecule has 2 aliphatic rings. The molecule has 0 aromatic carbocycles. The quantitative estimate of drug-likeness (QED) is 0.498. The molecule has 3 heterocycles. The van der Waals surface area contributed by atoms with Gasteiger partial charge in [-0.25, -0.2) is 4.98 Å². The van der Waals surface area contributed by atoms with Crippen LogP contribution < -0.4 is 0 Å². The van der Waals surface area contributed by atoms with Gasteiger partial charge in [0.15, 0.2) is 6.39 Å². The van der Waals surface area contributed by atoms with E-state index < -0.39 is 0 Å². The maximum Gasteiger partial charge on any atom is 0.254 e. The van der Waals surface area contributed by atoms with E-state index in [4.69, 9.17) is 4.42 Å². The Labute approximate surface area is 187 Å². The largest absolute Gasteiger partial charge is 0.451 e. The fraction of sp³-hybridized carbons (Fsp3) is 0.680. The van der Waals surface area contributed by atoms with E-state index in [1.165, 1.54) is 51.3 Å². The zero-order chi connectivity index (χ0) is 21.9. The van der Waals surface area contributed by atoms with Crippen LogP contribution >= 0.6 is 11.3 Å². The van der Waals surface area contributed by atoms with E-state index in [0.717, 1.165) is 40.9 Å². The van der Waals surface area contributed by atoms with Gasteiger partial charge < -0.3 is 9.32 Å². The highest BCUT2D eigenvalue weighted by atomic mass is 32.1. The third-order valence-corrected chi connectivity index (χ3v) is 6.85. The normalized spacial score (nSPS) is 20.5. The van der Waals surface area contributed by atoms with Crippen molar-refractivity contribution in [1.29, 1.82) is 0 Å². The molecule has 4 nitrogen and oxygen atoms in total. The number of aromatic nitrogens is 1. The number of fused-ring (bicyclic) bond motifs is 1. The maximum atomic E-state index is 12.9. The predicted octanol–water partition coefficient (Wildman–Crippen LogP) is 7.67. The van der Waals surface area contributed by atoms with Crippen molar-refractivity contribution in [3.8, 4) is 10.6 Å². The van der Waals surface area contributed by atoms with Crippen molar-refractivity contribution in [1.82, 2.24) is 9.88 Å². The van der Waals surface area contributed by atoms with E-state index in [0.29, 0.717) is 6.04 Å². The predicted molar refractivity (Wildman–Crippen MR) is 127 cm³/mol. The lowest BCUT2D eigenvalue weighted by Crippen LogP contribution is -2.49. The molecule has 5 heteroatoms. The van der Waals surface area contributed by atoms with Crippen LogP contribution in [-0.2, 0) is 0 Å². The SMILES string of the molecule is CC.CCCC(C)C.O=C(c1csc(-c2cocn2)c1)N1CCCC2CCCCC21. The molecule has 1 saturated heterocycles. The number of carbonyl (C=O) groups excluding carboxylic acids is 1. The second-order valence-corrected chi connectivity index (χ2v) is 9.42. The molecule has 168 valence electrons. The molecule has 1 amide bonds. The molecule has 2 atom stereocenters. The number of hydrogen-bond acceptors (Lipinski definition) is 4. The summed E-state index contributed by atoms with van der Waals surface area (Å²) in [6.07, 6.45) is 13.3. The van der Waals surface area contributed by atoms with Gasteiger partial charge in [0.1, 0.15) is 12.0 Å². The van der Waals surface area contributed by atoms with Gasteiger partial charge in [-0.05, 0) is 43.6 Å². The minimum Gasteiger partial charge on any atom is -0.451 e. The van der Waals surface area contributed by atoms with Crippen LogP contribution in [0.15, 0.2) is 28.5 Å². The Hall–Kier alpha value is -1.62. The summed E-state index contributed by atoms with van der Waals surface area (Å²) in [5.74, 6) is 1.82. The summed E-state index contributed by atoms with van der Waals surface area (Å²) in [6.45, 7) is 11.6. The van der Waals surface area contributed by atoms with Crippen molar-refractivity contribution in [2.45, 2.75) is 92.0 Å². The standard InChI is InChI=1S/C17H20N2O2S.C6H14.C2H6/c20-17(13-8-16(22-10-13)14-9-21-11-18-14)19-7-3-5-12-4-1-2-6-15(12)19;1-4-5-6(2)3;1-2/h8-12,15H,1-7H2;6H,4-5H2,1-3H3;1-2H3. The first-order valence-electron chi connectivity index (χ1n) is 11.9. The molecule has 2 fully saturated rings. The Balaban J connectivity index is 0.000000348. The Kier molecular flexibility index (Phi) is 10.6. The lowest BCUT2D eigenvalue weighted by molar-refractivity contribution is 0.0391. The maximum absolute atomic E-state index is 12.9. The number of likely N-dealkylation sites (tertiary alicyclic amines) is 1. The first kappa shape index (κ1) is 24.6. The van der Waals surface area contributed by atoms with Crippen molar-refractivity contribution in [2.24, 2.45) is 11.8 Å². The van der Waals surface area contributed by atoms with Gasteiger partial charge in [0.05, 0.1) is 10.4 Å². The van der Waals surface area contributed by atoms with Gasteiger partial charge in [-0.15, -0.1) is 11.3 Å². The zero-order valence-electron chi connectivity index (χ0n) is 19.5. The number of piperidine rings is 1. The zero-order valence-corrected chi connectivity index (χ0v) is 20.3. The molecule has 0 radical (unpaired) electrons. The Morgan fingerprint density at radius 3 is 2.60 bits per heavy atom. The monoisotopic (exact) mass is 432 g/mol. The number of hydrogen-bond donors (Lipinski definition) is 0. The molecule has 4 rings (SSSR count). The van der Waals surface area contributed by atoms with Crippen LogP contribution in [0.2, 0.25) is 0 Å². The van der Waals surface area contributed by atoms with Gasteiger partial charge in [0, 0.05) is 18.0 Å². The third-order valence-electron chi connectivity index (χ3n) is 5.90. The molecule has 0 bridgehead atoms. The molecule has 1 aliphatic carbocycles. The van der Waals surface area contributed by atoms with Crippen LogP contribution in [-0.4, -0.2) is 28.4 Å². The Morgan fingerprint density at radius 2 is 1.97 bits per heavy atom. The summed E-state index contributed by atoms with van der Waals surface area (Å²) in [4.78, 5) is 20.2. The Bertz CT molecular complexity index is 721. The summed E-state index contributed by atoms with van der Waals surface area (Å²) >= 11 is 1.56. The molecule has 1 saturated carbocycles. The van der Waals surface area contributed by atoms with Crippen molar-refractivity contribution >= 4 is 17.2 Å². The summed E-state index contributed by atoms with van der Waals surface area (Å²) < 4.78 is 5.03. The molecule has 2 aromatic rings. The lowest BCUT2D eigenvalue weighted by Gasteiger charge is -2.44. The van der Waals surface area contributed by atoms with Crippen LogP contribution in [0.5, 0.6) is 0 Å². The van der Waals surface area contributed by atoms with E-state index in [-0.39, 0.29) is 5.91 Å². The van der Waals surface area contributed by atoms with Gasteiger partial charge in [0.2, 0.25) is 0 Å². The smallest absolute Gasteiger partial charge is 0.254 e. The van der Waals surface area contributed by atoms with Gasteiger partial charge >= 0.3 is 0 Å². The minimum absolute atomic E-state index is 0.197. The number of oxazole rings is 1.